The second kappa shape index (κ2) is 6.87. The normalized spacial score (nSPS) is 11.5. The van der Waals surface area contributed by atoms with E-state index in [1.54, 1.807) is 31.3 Å². The minimum Gasteiger partial charge on any atom is -0.461 e. The summed E-state index contributed by atoms with van der Waals surface area (Å²) in [6.45, 7) is 1.72. The van der Waals surface area contributed by atoms with Crippen LogP contribution in [0.25, 0.3) is 11.3 Å². The van der Waals surface area contributed by atoms with Gasteiger partial charge in [-0.15, -0.1) is 0 Å². The van der Waals surface area contributed by atoms with E-state index in [0.29, 0.717) is 5.02 Å². The monoisotopic (exact) mass is 300 g/mol. The number of rotatable bonds is 4. The molecule has 1 aromatic heterocycles. The van der Waals surface area contributed by atoms with Crippen molar-refractivity contribution in [3.8, 4) is 17.3 Å². The number of esters is 1. The van der Waals surface area contributed by atoms with E-state index in [1.807, 2.05) is 24.3 Å². The highest BCUT2D eigenvalue weighted by atomic mass is 35.5. The largest absolute Gasteiger partial charge is 0.461 e. The maximum absolute atomic E-state index is 12.0. The number of carbonyl (C=O) groups excluding carboxylic acids is 1. The number of pyridine rings is 1. The van der Waals surface area contributed by atoms with E-state index < -0.39 is 5.97 Å². The minimum atomic E-state index is -0.542. The van der Waals surface area contributed by atoms with E-state index in [0.717, 1.165) is 11.3 Å². The van der Waals surface area contributed by atoms with Gasteiger partial charge in [0, 0.05) is 11.8 Å². The van der Waals surface area contributed by atoms with Gasteiger partial charge in [-0.25, -0.2) is 4.79 Å². The fourth-order valence-corrected chi connectivity index (χ4v) is 1.88. The molecular weight excluding hydrogens is 288 g/mol. The van der Waals surface area contributed by atoms with Gasteiger partial charge in [-0.2, -0.15) is 5.26 Å². The Bertz CT molecular complexity index is 680. The molecule has 1 heterocycles. The summed E-state index contributed by atoms with van der Waals surface area (Å²) in [5.41, 5.74) is 1.79. The molecule has 0 aliphatic heterocycles. The molecule has 21 heavy (non-hydrogen) atoms. The Morgan fingerprint density at radius 1 is 1.43 bits per heavy atom. The van der Waals surface area contributed by atoms with Crippen LogP contribution >= 0.6 is 11.6 Å². The van der Waals surface area contributed by atoms with E-state index in [-0.39, 0.29) is 18.1 Å². The van der Waals surface area contributed by atoms with Crippen molar-refractivity contribution in [3.05, 3.63) is 53.2 Å². The lowest BCUT2D eigenvalue weighted by Crippen LogP contribution is -2.11. The summed E-state index contributed by atoms with van der Waals surface area (Å²) in [6, 6.07) is 12.6. The summed E-state index contributed by atoms with van der Waals surface area (Å²) in [4.78, 5) is 16.3. The van der Waals surface area contributed by atoms with Crippen LogP contribution in [0.2, 0.25) is 5.02 Å². The molecule has 0 radical (unpaired) electrons. The van der Waals surface area contributed by atoms with Crippen LogP contribution in [-0.4, -0.2) is 17.6 Å². The number of nitrogens with zero attached hydrogens (tertiary/aromatic N) is 2. The summed E-state index contributed by atoms with van der Waals surface area (Å²) in [6.07, 6.45) is 1.68. The number of halogens is 1. The fraction of sp³-hybridized carbons (Fsp3) is 0.188. The van der Waals surface area contributed by atoms with Crippen molar-refractivity contribution in [1.29, 1.82) is 5.26 Å². The first-order chi connectivity index (χ1) is 10.1. The van der Waals surface area contributed by atoms with Crippen molar-refractivity contribution in [2.24, 2.45) is 5.92 Å². The molecule has 106 valence electrons. The van der Waals surface area contributed by atoms with Gasteiger partial charge in [0.1, 0.15) is 6.61 Å². The quantitative estimate of drug-likeness (QED) is 0.807. The highest BCUT2D eigenvalue weighted by molar-refractivity contribution is 6.33. The van der Waals surface area contributed by atoms with Gasteiger partial charge in [0.05, 0.1) is 28.3 Å². The Hall–Kier alpha value is -2.38. The van der Waals surface area contributed by atoms with Crippen LogP contribution < -0.4 is 0 Å². The Labute approximate surface area is 128 Å². The molecule has 0 saturated heterocycles. The summed E-state index contributed by atoms with van der Waals surface area (Å²) in [5.74, 6) is -0.897. The number of hydrogen-bond donors (Lipinski definition) is 0. The molecule has 0 spiro atoms. The third kappa shape index (κ3) is 3.80. The standard InChI is InChI=1S/C16H13ClN2O2/c1-11(9-18)10-21-16(20)13-8-12(5-6-14(13)17)15-4-2-3-7-19-15/h2-8,11H,10H2,1H3/t11-/m0/s1. The van der Waals surface area contributed by atoms with Gasteiger partial charge < -0.3 is 4.74 Å². The van der Waals surface area contributed by atoms with Crippen molar-refractivity contribution < 1.29 is 9.53 Å². The maximum Gasteiger partial charge on any atom is 0.339 e. The molecule has 0 saturated carbocycles. The number of benzene rings is 1. The van der Waals surface area contributed by atoms with Crippen molar-refractivity contribution in [2.45, 2.75) is 6.92 Å². The first-order valence-electron chi connectivity index (χ1n) is 6.39. The van der Waals surface area contributed by atoms with E-state index in [1.165, 1.54) is 0 Å². The molecule has 0 fully saturated rings. The zero-order valence-corrected chi connectivity index (χ0v) is 12.2. The van der Waals surface area contributed by atoms with Crippen LogP contribution in [0.15, 0.2) is 42.6 Å². The van der Waals surface area contributed by atoms with Gasteiger partial charge in [0.15, 0.2) is 0 Å². The Morgan fingerprint density at radius 3 is 2.90 bits per heavy atom. The summed E-state index contributed by atoms with van der Waals surface area (Å²) in [7, 11) is 0. The summed E-state index contributed by atoms with van der Waals surface area (Å²) in [5, 5.41) is 9.00. The first-order valence-corrected chi connectivity index (χ1v) is 6.77. The van der Waals surface area contributed by atoms with Gasteiger partial charge in [0.25, 0.3) is 0 Å². The minimum absolute atomic E-state index is 0.0411. The zero-order chi connectivity index (χ0) is 15.2. The lowest BCUT2D eigenvalue weighted by Gasteiger charge is -2.09. The number of hydrogen-bond acceptors (Lipinski definition) is 4. The Balaban J connectivity index is 2.24. The van der Waals surface area contributed by atoms with E-state index >= 15 is 0 Å². The molecule has 5 heteroatoms. The predicted octanol–water partition coefficient (Wildman–Crippen LogP) is 3.72. The van der Waals surface area contributed by atoms with Gasteiger partial charge in [-0.1, -0.05) is 23.7 Å². The summed E-state index contributed by atoms with van der Waals surface area (Å²) >= 11 is 6.04. The molecule has 0 amide bonds. The molecule has 1 aromatic carbocycles. The second-order valence-electron chi connectivity index (χ2n) is 4.54. The fourth-order valence-electron chi connectivity index (χ4n) is 1.69. The van der Waals surface area contributed by atoms with Gasteiger partial charge in [0.2, 0.25) is 0 Å². The molecule has 0 aliphatic carbocycles. The summed E-state index contributed by atoms with van der Waals surface area (Å²) < 4.78 is 5.09. The molecule has 0 unspecified atom stereocenters. The van der Waals surface area contributed by atoms with E-state index in [4.69, 9.17) is 21.6 Å². The number of aromatic nitrogens is 1. The lowest BCUT2D eigenvalue weighted by molar-refractivity contribution is 0.0476. The zero-order valence-electron chi connectivity index (χ0n) is 11.4. The van der Waals surface area contributed by atoms with Crippen LogP contribution in [0.5, 0.6) is 0 Å². The van der Waals surface area contributed by atoms with Crippen LogP contribution in [0.4, 0.5) is 0 Å². The molecule has 2 aromatic rings. The number of carbonyl (C=O) groups is 1. The second-order valence-corrected chi connectivity index (χ2v) is 4.95. The highest BCUT2D eigenvalue weighted by Gasteiger charge is 2.15. The number of nitriles is 1. The molecule has 0 bridgehead atoms. The Morgan fingerprint density at radius 2 is 2.24 bits per heavy atom. The average Bonchev–Trinajstić information content (AvgIpc) is 2.53. The van der Waals surface area contributed by atoms with Crippen LogP contribution in [-0.2, 0) is 4.74 Å². The van der Waals surface area contributed by atoms with Crippen LogP contribution in [0.3, 0.4) is 0 Å². The van der Waals surface area contributed by atoms with Crippen LogP contribution in [0.1, 0.15) is 17.3 Å². The maximum atomic E-state index is 12.0. The highest BCUT2D eigenvalue weighted by Crippen LogP contribution is 2.24. The van der Waals surface area contributed by atoms with Crippen LogP contribution in [0, 0.1) is 17.2 Å². The van der Waals surface area contributed by atoms with Crippen molar-refractivity contribution in [1.82, 2.24) is 4.98 Å². The smallest absolute Gasteiger partial charge is 0.339 e. The van der Waals surface area contributed by atoms with Gasteiger partial charge in [-0.3, -0.25) is 4.98 Å². The molecule has 0 N–H and O–H groups in total. The van der Waals surface area contributed by atoms with Gasteiger partial charge in [-0.05, 0) is 31.2 Å². The third-order valence-corrected chi connectivity index (χ3v) is 3.16. The molecule has 1 atom stereocenters. The molecule has 2 rings (SSSR count). The molecule has 4 nitrogen and oxygen atoms in total. The molecular formula is C16H13ClN2O2. The van der Waals surface area contributed by atoms with Gasteiger partial charge >= 0.3 is 5.97 Å². The third-order valence-electron chi connectivity index (χ3n) is 2.83. The first kappa shape index (κ1) is 15.0. The lowest BCUT2D eigenvalue weighted by atomic mass is 10.1. The number of ether oxygens (including phenoxy) is 1. The topological polar surface area (TPSA) is 63.0 Å². The Kier molecular flexibility index (Phi) is 4.91. The predicted molar refractivity (Wildman–Crippen MR) is 79.7 cm³/mol. The SMILES string of the molecule is C[C@@H](C#N)COC(=O)c1cc(-c2ccccn2)ccc1Cl. The van der Waals surface area contributed by atoms with Crippen molar-refractivity contribution >= 4 is 17.6 Å². The van der Waals surface area contributed by atoms with E-state index in [2.05, 4.69) is 4.98 Å². The van der Waals surface area contributed by atoms with Crippen molar-refractivity contribution in [2.75, 3.05) is 6.61 Å². The average molecular weight is 301 g/mol. The molecule has 0 aliphatic rings. The van der Waals surface area contributed by atoms with E-state index in [9.17, 15) is 4.79 Å². The van der Waals surface area contributed by atoms with Crippen molar-refractivity contribution in [3.63, 3.8) is 0 Å².